The molecule has 6 nitrogen and oxygen atoms in total. The number of rotatable bonds is 5. The van der Waals surface area contributed by atoms with Gasteiger partial charge in [0.15, 0.2) is 11.5 Å². The molecule has 0 aliphatic rings. The van der Waals surface area contributed by atoms with Gasteiger partial charge in [-0.2, -0.15) is 10.2 Å². The first-order chi connectivity index (χ1) is 12.4. The number of hydrogen-bond donors (Lipinski definition) is 1. The molecule has 26 heavy (non-hydrogen) atoms. The van der Waals surface area contributed by atoms with E-state index in [1.807, 2.05) is 13.8 Å². The third-order valence-corrected chi connectivity index (χ3v) is 4.78. The molecule has 0 saturated heterocycles. The zero-order chi connectivity index (χ0) is 18.8. The number of benzene rings is 1. The summed E-state index contributed by atoms with van der Waals surface area (Å²) in [7, 11) is 0. The Morgan fingerprint density at radius 3 is 2.81 bits per heavy atom. The van der Waals surface area contributed by atoms with Crippen LogP contribution in [0.5, 0.6) is 0 Å². The lowest BCUT2D eigenvalue weighted by atomic mass is 10.2. The Morgan fingerprint density at radius 2 is 2.15 bits per heavy atom. The number of nitrogens with zero attached hydrogens (tertiary/aromatic N) is 4. The molecule has 3 aromatic rings. The van der Waals surface area contributed by atoms with Crippen LogP contribution in [0.2, 0.25) is 5.02 Å². The fourth-order valence-corrected chi connectivity index (χ4v) is 3.17. The van der Waals surface area contributed by atoms with Crippen LogP contribution in [0.1, 0.15) is 28.7 Å². The van der Waals surface area contributed by atoms with E-state index in [2.05, 4.69) is 31.4 Å². The van der Waals surface area contributed by atoms with Crippen molar-refractivity contribution in [3.05, 3.63) is 62.7 Å². The van der Waals surface area contributed by atoms with Crippen LogP contribution in [-0.4, -0.2) is 25.5 Å². The Bertz CT molecular complexity index is 948. The molecule has 0 aliphatic heterocycles. The van der Waals surface area contributed by atoms with Gasteiger partial charge < -0.3 is 5.32 Å². The van der Waals surface area contributed by atoms with Crippen molar-refractivity contribution in [3.8, 4) is 0 Å². The van der Waals surface area contributed by atoms with Gasteiger partial charge in [-0.1, -0.05) is 17.7 Å². The number of nitrogens with one attached hydrogen (secondary N) is 1. The number of amides is 1. The normalized spacial score (nSPS) is 11.0. The van der Waals surface area contributed by atoms with E-state index in [0.29, 0.717) is 27.4 Å². The van der Waals surface area contributed by atoms with E-state index >= 15 is 0 Å². The highest BCUT2D eigenvalue weighted by Gasteiger charge is 2.17. The first-order valence-corrected chi connectivity index (χ1v) is 9.07. The minimum absolute atomic E-state index is 0.168. The van der Waals surface area contributed by atoms with Crippen LogP contribution in [0.3, 0.4) is 0 Å². The van der Waals surface area contributed by atoms with Crippen molar-refractivity contribution in [2.45, 2.75) is 26.9 Å². The number of hydrogen-bond acceptors (Lipinski definition) is 3. The van der Waals surface area contributed by atoms with E-state index < -0.39 is 5.82 Å². The summed E-state index contributed by atoms with van der Waals surface area (Å²) in [5, 5.41) is 11.6. The van der Waals surface area contributed by atoms with Gasteiger partial charge in [0.1, 0.15) is 5.82 Å². The fourth-order valence-electron chi connectivity index (χ4n) is 2.45. The van der Waals surface area contributed by atoms with E-state index in [0.717, 1.165) is 5.69 Å². The molecule has 0 bridgehead atoms. The summed E-state index contributed by atoms with van der Waals surface area (Å²) in [6, 6.07) is 6.24. The molecule has 1 amide bonds. The lowest BCUT2D eigenvalue weighted by molar-refractivity contribution is 0.102. The average Bonchev–Trinajstić information content (AvgIpc) is 3.13. The second-order valence-electron chi connectivity index (χ2n) is 5.66. The summed E-state index contributed by atoms with van der Waals surface area (Å²) in [6.45, 7) is 4.57. The van der Waals surface area contributed by atoms with Crippen LogP contribution in [0.4, 0.5) is 10.2 Å². The van der Waals surface area contributed by atoms with Gasteiger partial charge in [0, 0.05) is 35.1 Å². The van der Waals surface area contributed by atoms with Crippen LogP contribution in [0, 0.1) is 12.7 Å². The minimum atomic E-state index is -0.396. The van der Waals surface area contributed by atoms with Crippen molar-refractivity contribution in [1.29, 1.82) is 0 Å². The summed E-state index contributed by atoms with van der Waals surface area (Å²) in [5.74, 6) is -0.414. The zero-order valence-corrected chi connectivity index (χ0v) is 16.5. The smallest absolute Gasteiger partial charge is 0.278 e. The molecule has 136 valence electrons. The SMILES string of the molecule is CCn1cc(Br)c(C(=O)Nc2cc(C)n(Cc3c(F)cccc3Cl)n2)n1. The van der Waals surface area contributed by atoms with Gasteiger partial charge in [0.2, 0.25) is 0 Å². The second kappa shape index (κ2) is 7.59. The van der Waals surface area contributed by atoms with E-state index in [4.69, 9.17) is 11.6 Å². The summed E-state index contributed by atoms with van der Waals surface area (Å²) in [4.78, 5) is 12.4. The summed E-state index contributed by atoms with van der Waals surface area (Å²) in [6.07, 6.45) is 1.74. The van der Waals surface area contributed by atoms with Crippen molar-refractivity contribution in [3.63, 3.8) is 0 Å². The van der Waals surface area contributed by atoms with Crippen molar-refractivity contribution in [1.82, 2.24) is 19.6 Å². The molecular formula is C17H16BrClFN5O. The monoisotopic (exact) mass is 439 g/mol. The largest absolute Gasteiger partial charge is 0.304 e. The van der Waals surface area contributed by atoms with Crippen LogP contribution in [0.25, 0.3) is 0 Å². The van der Waals surface area contributed by atoms with Crippen molar-refractivity contribution >= 4 is 39.3 Å². The second-order valence-corrected chi connectivity index (χ2v) is 6.93. The van der Waals surface area contributed by atoms with Gasteiger partial charge in [-0.15, -0.1) is 0 Å². The fraction of sp³-hybridized carbons (Fsp3) is 0.235. The van der Waals surface area contributed by atoms with Crippen LogP contribution >= 0.6 is 27.5 Å². The van der Waals surface area contributed by atoms with Gasteiger partial charge in [-0.05, 0) is 41.9 Å². The maximum atomic E-state index is 14.0. The van der Waals surface area contributed by atoms with Gasteiger partial charge in [0.05, 0.1) is 11.0 Å². The highest BCUT2D eigenvalue weighted by atomic mass is 79.9. The van der Waals surface area contributed by atoms with Crippen molar-refractivity contribution < 1.29 is 9.18 Å². The molecule has 3 rings (SSSR count). The maximum absolute atomic E-state index is 14.0. The highest BCUT2D eigenvalue weighted by Crippen LogP contribution is 2.22. The summed E-state index contributed by atoms with van der Waals surface area (Å²) >= 11 is 9.40. The Hall–Kier alpha value is -2.19. The van der Waals surface area contributed by atoms with Crippen LogP contribution in [0.15, 0.2) is 34.9 Å². The van der Waals surface area contributed by atoms with E-state index in [-0.39, 0.29) is 18.1 Å². The van der Waals surface area contributed by atoms with Crippen molar-refractivity contribution in [2.75, 3.05) is 5.32 Å². The first-order valence-electron chi connectivity index (χ1n) is 7.90. The Kier molecular flexibility index (Phi) is 5.43. The number of anilines is 1. The lowest BCUT2D eigenvalue weighted by Gasteiger charge is -2.07. The molecule has 0 unspecified atom stereocenters. The minimum Gasteiger partial charge on any atom is -0.304 e. The van der Waals surface area contributed by atoms with Gasteiger partial charge >= 0.3 is 0 Å². The lowest BCUT2D eigenvalue weighted by Crippen LogP contribution is -2.15. The molecule has 9 heteroatoms. The molecule has 0 saturated carbocycles. The van der Waals surface area contributed by atoms with Crippen LogP contribution in [-0.2, 0) is 13.1 Å². The molecule has 0 fully saturated rings. The predicted molar refractivity (Wildman–Crippen MR) is 101 cm³/mol. The Labute approximate surface area is 163 Å². The van der Waals surface area contributed by atoms with Gasteiger partial charge in [-0.3, -0.25) is 14.2 Å². The molecule has 0 aliphatic carbocycles. The first kappa shape index (κ1) is 18.6. The zero-order valence-electron chi connectivity index (χ0n) is 14.1. The van der Waals surface area contributed by atoms with E-state index in [9.17, 15) is 9.18 Å². The Balaban J connectivity index is 1.80. The number of halogens is 3. The predicted octanol–water partition coefficient (Wildman–Crippen LogP) is 4.26. The maximum Gasteiger partial charge on any atom is 0.278 e. The number of carbonyl (C=O) groups excluding carboxylic acids is 1. The van der Waals surface area contributed by atoms with Crippen LogP contribution < -0.4 is 5.32 Å². The third-order valence-electron chi connectivity index (χ3n) is 3.85. The summed E-state index contributed by atoms with van der Waals surface area (Å²) < 4.78 is 17.8. The molecule has 0 radical (unpaired) electrons. The quantitative estimate of drug-likeness (QED) is 0.644. The van der Waals surface area contributed by atoms with Gasteiger partial charge in [0.25, 0.3) is 5.91 Å². The molecule has 2 heterocycles. The highest BCUT2D eigenvalue weighted by molar-refractivity contribution is 9.10. The number of aryl methyl sites for hydroxylation is 2. The van der Waals surface area contributed by atoms with Gasteiger partial charge in [-0.25, -0.2) is 4.39 Å². The van der Waals surface area contributed by atoms with E-state index in [1.54, 1.807) is 33.8 Å². The molecule has 1 aromatic carbocycles. The van der Waals surface area contributed by atoms with Crippen molar-refractivity contribution in [2.24, 2.45) is 0 Å². The third kappa shape index (κ3) is 3.81. The Morgan fingerprint density at radius 1 is 1.38 bits per heavy atom. The molecule has 0 atom stereocenters. The molecule has 1 N–H and O–H groups in total. The number of aromatic nitrogens is 4. The number of carbonyl (C=O) groups is 1. The topological polar surface area (TPSA) is 64.7 Å². The average molecular weight is 441 g/mol. The summed E-state index contributed by atoms with van der Waals surface area (Å²) in [5.41, 5.74) is 1.39. The molecule has 0 spiro atoms. The molecular weight excluding hydrogens is 425 g/mol. The van der Waals surface area contributed by atoms with E-state index in [1.165, 1.54) is 6.07 Å². The molecule has 2 aromatic heterocycles. The standard InChI is InChI=1S/C17H16BrClFN5O/c1-3-24-9-12(18)16(23-24)17(26)21-15-7-10(2)25(22-15)8-11-13(19)5-4-6-14(11)20/h4-7,9H,3,8H2,1-2H3,(H,21,22,26).